The number of hydrogen-bond acceptors (Lipinski definition) is 5. The van der Waals surface area contributed by atoms with Gasteiger partial charge in [-0.15, -0.1) is 0 Å². The molecule has 0 unspecified atom stereocenters. The Morgan fingerprint density at radius 1 is 1.40 bits per heavy atom. The van der Waals surface area contributed by atoms with E-state index in [9.17, 15) is 14.9 Å². The van der Waals surface area contributed by atoms with Crippen molar-refractivity contribution < 1.29 is 9.72 Å². The second-order valence-electron chi connectivity index (χ2n) is 3.59. The van der Waals surface area contributed by atoms with Crippen LogP contribution in [0.4, 0.5) is 11.5 Å². The minimum absolute atomic E-state index is 0.0112. The van der Waals surface area contributed by atoms with Gasteiger partial charge in [0.05, 0.1) is 4.92 Å². The molecule has 1 amide bonds. The Labute approximate surface area is 126 Å². The first-order chi connectivity index (χ1) is 9.47. The molecule has 7 nitrogen and oxygen atoms in total. The van der Waals surface area contributed by atoms with Gasteiger partial charge in [-0.1, -0.05) is 27.5 Å². The van der Waals surface area contributed by atoms with E-state index in [1.807, 2.05) is 0 Å². The zero-order chi connectivity index (χ0) is 14.7. The van der Waals surface area contributed by atoms with Crippen molar-refractivity contribution in [2.24, 2.45) is 0 Å². The van der Waals surface area contributed by atoms with Crippen molar-refractivity contribution in [3.8, 4) is 0 Å². The molecule has 0 aliphatic heterocycles. The summed E-state index contributed by atoms with van der Waals surface area (Å²) in [5.74, 6) is -0.432. The van der Waals surface area contributed by atoms with Crippen LogP contribution in [-0.4, -0.2) is 20.8 Å². The van der Waals surface area contributed by atoms with Gasteiger partial charge >= 0.3 is 0 Å². The summed E-state index contributed by atoms with van der Waals surface area (Å²) in [5.41, 5.74) is -0.612. The Morgan fingerprint density at radius 3 is 2.80 bits per heavy atom. The SMILES string of the molecule is O=C(Nc1cc(Br)ccn1)c1cc(Cl)ncc1[N+](=O)[O-]. The van der Waals surface area contributed by atoms with E-state index in [1.165, 1.54) is 6.20 Å². The second kappa shape index (κ2) is 5.93. The second-order valence-corrected chi connectivity index (χ2v) is 4.90. The minimum atomic E-state index is -0.702. The fraction of sp³-hybridized carbons (Fsp3) is 0. The Hall–Kier alpha value is -2.06. The molecule has 0 bridgehead atoms. The number of nitro groups is 1. The third kappa shape index (κ3) is 3.28. The molecular formula is C11H6BrClN4O3. The normalized spacial score (nSPS) is 10.1. The van der Waals surface area contributed by atoms with Crippen molar-refractivity contribution in [2.45, 2.75) is 0 Å². The van der Waals surface area contributed by atoms with Crippen molar-refractivity contribution in [1.82, 2.24) is 9.97 Å². The highest BCUT2D eigenvalue weighted by molar-refractivity contribution is 9.10. The molecule has 0 radical (unpaired) electrons. The van der Waals surface area contributed by atoms with Crippen LogP contribution in [0.2, 0.25) is 5.15 Å². The van der Waals surface area contributed by atoms with Crippen LogP contribution in [0.25, 0.3) is 0 Å². The maximum Gasteiger partial charge on any atom is 0.300 e. The number of nitrogens with zero attached hydrogens (tertiary/aromatic N) is 3. The van der Waals surface area contributed by atoms with Crippen molar-refractivity contribution in [2.75, 3.05) is 5.32 Å². The molecule has 1 N–H and O–H groups in total. The van der Waals surface area contributed by atoms with Crippen LogP contribution >= 0.6 is 27.5 Å². The predicted octanol–water partition coefficient (Wildman–Crippen LogP) is 3.05. The van der Waals surface area contributed by atoms with E-state index in [0.717, 1.165) is 12.3 Å². The maximum absolute atomic E-state index is 12.0. The lowest BCUT2D eigenvalue weighted by molar-refractivity contribution is -0.385. The summed E-state index contributed by atoms with van der Waals surface area (Å²) >= 11 is 8.88. The van der Waals surface area contributed by atoms with Gasteiger partial charge in [0.2, 0.25) is 0 Å². The van der Waals surface area contributed by atoms with Crippen molar-refractivity contribution >= 4 is 44.9 Å². The van der Waals surface area contributed by atoms with E-state index in [1.54, 1.807) is 12.1 Å². The number of rotatable bonds is 3. The molecule has 0 aliphatic carbocycles. The van der Waals surface area contributed by atoms with E-state index >= 15 is 0 Å². The zero-order valence-electron chi connectivity index (χ0n) is 9.71. The summed E-state index contributed by atoms with van der Waals surface area (Å²) in [5, 5.41) is 13.3. The summed E-state index contributed by atoms with van der Waals surface area (Å²) < 4.78 is 0.713. The van der Waals surface area contributed by atoms with Crippen LogP contribution in [-0.2, 0) is 0 Å². The summed E-state index contributed by atoms with van der Waals surface area (Å²) in [6, 6.07) is 4.38. The van der Waals surface area contributed by atoms with Gasteiger partial charge in [-0.3, -0.25) is 14.9 Å². The molecule has 2 aromatic rings. The lowest BCUT2D eigenvalue weighted by Gasteiger charge is -2.05. The minimum Gasteiger partial charge on any atom is -0.306 e. The van der Waals surface area contributed by atoms with Crippen molar-refractivity contribution in [3.05, 3.63) is 55.9 Å². The topological polar surface area (TPSA) is 98.0 Å². The number of carbonyl (C=O) groups excluding carboxylic acids is 1. The average molecular weight is 358 g/mol. The van der Waals surface area contributed by atoms with E-state index in [0.29, 0.717) is 4.47 Å². The molecule has 0 saturated carbocycles. The lowest BCUT2D eigenvalue weighted by Crippen LogP contribution is -2.15. The molecule has 0 spiro atoms. The van der Waals surface area contributed by atoms with Gasteiger partial charge in [0.25, 0.3) is 11.6 Å². The summed E-state index contributed by atoms with van der Waals surface area (Å²) in [4.78, 5) is 29.7. The van der Waals surface area contributed by atoms with Gasteiger partial charge in [-0.25, -0.2) is 9.97 Å². The van der Waals surface area contributed by atoms with Crippen LogP contribution in [0.5, 0.6) is 0 Å². The number of carbonyl (C=O) groups is 1. The third-order valence-electron chi connectivity index (χ3n) is 2.25. The molecule has 2 rings (SSSR count). The van der Waals surface area contributed by atoms with Crippen LogP contribution in [0.15, 0.2) is 35.1 Å². The highest BCUT2D eigenvalue weighted by Gasteiger charge is 2.21. The first-order valence-electron chi connectivity index (χ1n) is 5.20. The van der Waals surface area contributed by atoms with Gasteiger partial charge in [0, 0.05) is 10.7 Å². The molecule has 9 heteroatoms. The van der Waals surface area contributed by atoms with Crippen LogP contribution in [0.3, 0.4) is 0 Å². The number of aromatic nitrogens is 2. The van der Waals surface area contributed by atoms with Gasteiger partial charge in [-0.2, -0.15) is 0 Å². The Balaban J connectivity index is 2.34. The first-order valence-corrected chi connectivity index (χ1v) is 6.37. The average Bonchev–Trinajstić information content (AvgIpc) is 2.38. The number of amides is 1. The highest BCUT2D eigenvalue weighted by atomic mass is 79.9. The molecule has 0 aromatic carbocycles. The Kier molecular flexibility index (Phi) is 4.26. The maximum atomic E-state index is 12.0. The fourth-order valence-electron chi connectivity index (χ4n) is 1.41. The van der Waals surface area contributed by atoms with Crippen LogP contribution in [0, 0.1) is 10.1 Å². The number of halogens is 2. The number of anilines is 1. The van der Waals surface area contributed by atoms with Crippen molar-refractivity contribution in [3.63, 3.8) is 0 Å². The molecule has 0 fully saturated rings. The Morgan fingerprint density at radius 2 is 2.15 bits per heavy atom. The summed E-state index contributed by atoms with van der Waals surface area (Å²) in [7, 11) is 0. The highest BCUT2D eigenvalue weighted by Crippen LogP contribution is 2.22. The van der Waals surface area contributed by atoms with E-state index in [-0.39, 0.29) is 16.5 Å². The largest absolute Gasteiger partial charge is 0.306 e. The fourth-order valence-corrected chi connectivity index (χ4v) is 1.90. The predicted molar refractivity (Wildman–Crippen MR) is 75.8 cm³/mol. The molecule has 0 atom stereocenters. The first kappa shape index (κ1) is 14.4. The molecule has 102 valence electrons. The van der Waals surface area contributed by atoms with E-state index in [4.69, 9.17) is 11.6 Å². The van der Waals surface area contributed by atoms with E-state index < -0.39 is 16.5 Å². The van der Waals surface area contributed by atoms with Crippen LogP contribution in [0.1, 0.15) is 10.4 Å². The molecule has 0 saturated heterocycles. The van der Waals surface area contributed by atoms with Gasteiger partial charge in [0.1, 0.15) is 22.7 Å². The Bertz CT molecular complexity index is 695. The van der Waals surface area contributed by atoms with Gasteiger partial charge in [-0.05, 0) is 18.2 Å². The molecule has 20 heavy (non-hydrogen) atoms. The summed E-state index contributed by atoms with van der Waals surface area (Å²) in [6.45, 7) is 0. The standard InChI is InChI=1S/C11H6BrClN4O3/c12-6-1-2-14-10(3-6)16-11(18)7-4-9(13)15-5-8(7)17(19)20/h1-5H,(H,14,16,18). The molecule has 2 heterocycles. The molecule has 0 aliphatic rings. The van der Waals surface area contributed by atoms with Gasteiger partial charge < -0.3 is 5.32 Å². The zero-order valence-corrected chi connectivity index (χ0v) is 12.1. The smallest absolute Gasteiger partial charge is 0.300 e. The molecular weight excluding hydrogens is 352 g/mol. The van der Waals surface area contributed by atoms with E-state index in [2.05, 4.69) is 31.2 Å². The summed E-state index contributed by atoms with van der Waals surface area (Å²) in [6.07, 6.45) is 2.42. The number of hydrogen-bond donors (Lipinski definition) is 1. The van der Waals surface area contributed by atoms with Gasteiger partial charge in [0.15, 0.2) is 0 Å². The van der Waals surface area contributed by atoms with Crippen molar-refractivity contribution in [1.29, 1.82) is 0 Å². The lowest BCUT2D eigenvalue weighted by atomic mass is 10.2. The van der Waals surface area contributed by atoms with Crippen LogP contribution < -0.4 is 5.32 Å². The molecule has 2 aromatic heterocycles. The monoisotopic (exact) mass is 356 g/mol. The number of nitrogens with one attached hydrogen (secondary N) is 1. The quantitative estimate of drug-likeness (QED) is 0.517. The number of pyridine rings is 2. The third-order valence-corrected chi connectivity index (χ3v) is 2.95.